The van der Waals surface area contributed by atoms with Crippen LogP contribution in [0.4, 0.5) is 0 Å². The molecule has 1 N–H and O–H groups in total. The standard InChI is InChI=1S/C16H25NO/c1-4-17-10-9-16(2,3)11-13-12-18-15-8-6-5-7-14(13)15/h5-8,13,17H,4,9-12H2,1-3H3. The molecule has 0 spiro atoms. The molecule has 1 aromatic rings. The summed E-state index contributed by atoms with van der Waals surface area (Å²) in [6, 6.07) is 8.47. The molecule has 0 bridgehead atoms. The van der Waals surface area contributed by atoms with Gasteiger partial charge in [-0.15, -0.1) is 0 Å². The number of ether oxygens (including phenoxy) is 1. The molecule has 100 valence electrons. The van der Waals surface area contributed by atoms with E-state index in [9.17, 15) is 0 Å². The molecule has 0 saturated heterocycles. The molecule has 2 nitrogen and oxygen atoms in total. The minimum absolute atomic E-state index is 0.369. The van der Waals surface area contributed by atoms with Crippen molar-refractivity contribution in [3.63, 3.8) is 0 Å². The molecule has 1 heterocycles. The quantitative estimate of drug-likeness (QED) is 0.776. The van der Waals surface area contributed by atoms with Crippen LogP contribution in [0.3, 0.4) is 0 Å². The Morgan fingerprint density at radius 1 is 1.33 bits per heavy atom. The second kappa shape index (κ2) is 5.75. The Balaban J connectivity index is 1.94. The second-order valence-corrected chi connectivity index (χ2v) is 6.02. The van der Waals surface area contributed by atoms with E-state index in [1.165, 1.54) is 18.4 Å². The first-order valence-corrected chi connectivity index (χ1v) is 7.05. The third-order valence-corrected chi connectivity index (χ3v) is 3.83. The van der Waals surface area contributed by atoms with Crippen molar-refractivity contribution in [3.8, 4) is 5.75 Å². The number of nitrogens with one attached hydrogen (secondary N) is 1. The Bertz CT molecular complexity index is 386. The van der Waals surface area contributed by atoms with Crippen LogP contribution in [0.1, 0.15) is 45.1 Å². The average molecular weight is 247 g/mol. The molecule has 2 rings (SSSR count). The minimum Gasteiger partial charge on any atom is -0.493 e. The van der Waals surface area contributed by atoms with Gasteiger partial charge in [-0.1, -0.05) is 39.0 Å². The maximum Gasteiger partial charge on any atom is 0.122 e. The third kappa shape index (κ3) is 3.26. The molecule has 1 aliphatic heterocycles. The van der Waals surface area contributed by atoms with Gasteiger partial charge in [0.15, 0.2) is 0 Å². The number of rotatable bonds is 6. The maximum absolute atomic E-state index is 5.77. The van der Waals surface area contributed by atoms with Crippen molar-refractivity contribution in [2.24, 2.45) is 5.41 Å². The monoisotopic (exact) mass is 247 g/mol. The summed E-state index contributed by atoms with van der Waals surface area (Å²) in [5, 5.41) is 3.42. The first-order chi connectivity index (χ1) is 8.62. The van der Waals surface area contributed by atoms with Crippen molar-refractivity contribution in [2.45, 2.75) is 39.5 Å². The molecule has 1 aromatic carbocycles. The van der Waals surface area contributed by atoms with E-state index in [0.717, 1.165) is 25.4 Å². The van der Waals surface area contributed by atoms with Crippen molar-refractivity contribution >= 4 is 0 Å². The zero-order valence-corrected chi connectivity index (χ0v) is 11.8. The van der Waals surface area contributed by atoms with Crippen molar-refractivity contribution in [2.75, 3.05) is 19.7 Å². The van der Waals surface area contributed by atoms with Crippen LogP contribution in [0.15, 0.2) is 24.3 Å². The highest BCUT2D eigenvalue weighted by Gasteiger charge is 2.29. The smallest absolute Gasteiger partial charge is 0.122 e. The van der Waals surface area contributed by atoms with Gasteiger partial charge in [-0.05, 0) is 37.4 Å². The molecule has 0 amide bonds. The van der Waals surface area contributed by atoms with E-state index in [2.05, 4.69) is 50.4 Å². The molecule has 0 aliphatic carbocycles. The fourth-order valence-corrected chi connectivity index (χ4v) is 2.77. The molecule has 1 atom stereocenters. The summed E-state index contributed by atoms with van der Waals surface area (Å²) in [5.41, 5.74) is 1.77. The van der Waals surface area contributed by atoms with Gasteiger partial charge in [0.25, 0.3) is 0 Å². The normalized spacial score (nSPS) is 18.5. The summed E-state index contributed by atoms with van der Waals surface area (Å²) in [6.45, 7) is 9.92. The van der Waals surface area contributed by atoms with Gasteiger partial charge in [-0.25, -0.2) is 0 Å². The van der Waals surface area contributed by atoms with E-state index in [1.54, 1.807) is 0 Å². The SMILES string of the molecule is CCNCCC(C)(C)CC1COc2ccccc21. The Labute approximate surface area is 111 Å². The van der Waals surface area contributed by atoms with Gasteiger partial charge < -0.3 is 10.1 Å². The van der Waals surface area contributed by atoms with E-state index in [4.69, 9.17) is 4.74 Å². The van der Waals surface area contributed by atoms with Crippen molar-refractivity contribution in [1.29, 1.82) is 0 Å². The van der Waals surface area contributed by atoms with Crippen LogP contribution in [0.5, 0.6) is 5.75 Å². The highest BCUT2D eigenvalue weighted by atomic mass is 16.5. The van der Waals surface area contributed by atoms with Gasteiger partial charge in [-0.2, -0.15) is 0 Å². The van der Waals surface area contributed by atoms with Gasteiger partial charge in [-0.3, -0.25) is 0 Å². The van der Waals surface area contributed by atoms with Crippen LogP contribution < -0.4 is 10.1 Å². The molecule has 1 aliphatic rings. The van der Waals surface area contributed by atoms with Crippen LogP contribution in [0.2, 0.25) is 0 Å². The topological polar surface area (TPSA) is 21.3 Å². The van der Waals surface area contributed by atoms with Gasteiger partial charge in [0, 0.05) is 11.5 Å². The van der Waals surface area contributed by atoms with Gasteiger partial charge in [0.1, 0.15) is 5.75 Å². The van der Waals surface area contributed by atoms with Gasteiger partial charge >= 0.3 is 0 Å². The molecule has 18 heavy (non-hydrogen) atoms. The van der Waals surface area contributed by atoms with Crippen molar-refractivity contribution < 1.29 is 4.74 Å². The summed E-state index contributed by atoms with van der Waals surface area (Å²) in [5.74, 6) is 1.66. The van der Waals surface area contributed by atoms with E-state index >= 15 is 0 Å². The average Bonchev–Trinajstić information content (AvgIpc) is 2.72. The van der Waals surface area contributed by atoms with E-state index in [0.29, 0.717) is 11.3 Å². The molecule has 0 aromatic heterocycles. The number of fused-ring (bicyclic) bond motifs is 1. The van der Waals surface area contributed by atoms with E-state index in [1.807, 2.05) is 0 Å². The highest BCUT2D eigenvalue weighted by molar-refractivity contribution is 5.39. The first kappa shape index (κ1) is 13.4. The number of benzene rings is 1. The summed E-state index contributed by atoms with van der Waals surface area (Å²) < 4.78 is 5.77. The third-order valence-electron chi connectivity index (χ3n) is 3.83. The number of hydrogen-bond acceptors (Lipinski definition) is 2. The lowest BCUT2D eigenvalue weighted by Gasteiger charge is -2.27. The lowest BCUT2D eigenvalue weighted by Crippen LogP contribution is -2.24. The number of para-hydroxylation sites is 1. The molecular weight excluding hydrogens is 222 g/mol. The molecular formula is C16H25NO. The summed E-state index contributed by atoms with van der Waals surface area (Å²) in [7, 11) is 0. The van der Waals surface area contributed by atoms with Crippen LogP contribution in [-0.4, -0.2) is 19.7 Å². The zero-order valence-electron chi connectivity index (χ0n) is 11.8. The highest BCUT2D eigenvalue weighted by Crippen LogP contribution is 2.41. The summed E-state index contributed by atoms with van der Waals surface area (Å²) >= 11 is 0. The van der Waals surface area contributed by atoms with Crippen molar-refractivity contribution in [1.82, 2.24) is 5.32 Å². The van der Waals surface area contributed by atoms with Crippen molar-refractivity contribution in [3.05, 3.63) is 29.8 Å². The summed E-state index contributed by atoms with van der Waals surface area (Å²) in [6.07, 6.45) is 2.43. The molecule has 0 fully saturated rings. The van der Waals surface area contributed by atoms with Crippen LogP contribution in [-0.2, 0) is 0 Å². The summed E-state index contributed by atoms with van der Waals surface area (Å²) in [4.78, 5) is 0. The number of hydrogen-bond donors (Lipinski definition) is 1. The van der Waals surface area contributed by atoms with Gasteiger partial charge in [0.05, 0.1) is 6.61 Å². The lowest BCUT2D eigenvalue weighted by atomic mass is 9.78. The largest absolute Gasteiger partial charge is 0.493 e. The van der Waals surface area contributed by atoms with Crippen LogP contribution >= 0.6 is 0 Å². The van der Waals surface area contributed by atoms with Gasteiger partial charge in [0.2, 0.25) is 0 Å². The molecule has 2 heteroatoms. The minimum atomic E-state index is 0.369. The Kier molecular flexibility index (Phi) is 4.28. The Morgan fingerprint density at radius 2 is 2.11 bits per heavy atom. The fraction of sp³-hybridized carbons (Fsp3) is 0.625. The predicted octanol–water partition coefficient (Wildman–Crippen LogP) is 3.58. The molecule has 0 saturated carbocycles. The fourth-order valence-electron chi connectivity index (χ4n) is 2.77. The Hall–Kier alpha value is -1.02. The molecule has 0 radical (unpaired) electrons. The first-order valence-electron chi connectivity index (χ1n) is 7.05. The van der Waals surface area contributed by atoms with Crippen LogP contribution in [0.25, 0.3) is 0 Å². The zero-order chi connectivity index (χ0) is 13.0. The lowest BCUT2D eigenvalue weighted by molar-refractivity contribution is 0.244. The second-order valence-electron chi connectivity index (χ2n) is 6.02. The molecule has 1 unspecified atom stereocenters. The predicted molar refractivity (Wildman–Crippen MR) is 76.2 cm³/mol. The maximum atomic E-state index is 5.77. The van der Waals surface area contributed by atoms with E-state index < -0.39 is 0 Å². The van der Waals surface area contributed by atoms with Crippen LogP contribution in [0, 0.1) is 5.41 Å². The Morgan fingerprint density at radius 3 is 2.89 bits per heavy atom. The van der Waals surface area contributed by atoms with E-state index in [-0.39, 0.29) is 0 Å².